The Kier molecular flexibility index (Phi) is 10.4. The van der Waals surface area contributed by atoms with Crippen molar-refractivity contribution in [2.24, 2.45) is 0 Å². The number of rotatable bonds is 14. The maximum Gasteiger partial charge on any atom is 0.415 e. The summed E-state index contributed by atoms with van der Waals surface area (Å²) in [6.07, 6.45) is 0.378. The van der Waals surface area contributed by atoms with Gasteiger partial charge in [-0.3, -0.25) is 23.6 Å². The van der Waals surface area contributed by atoms with Crippen LogP contribution in [0, 0.1) is 0 Å². The molecule has 1 unspecified atom stereocenters. The lowest BCUT2D eigenvalue weighted by atomic mass is 10.3. The molecular formula is C22H28N5O11PS. The fourth-order valence-corrected chi connectivity index (χ4v) is 4.82. The number of hydrogen-bond acceptors (Lipinski definition) is 14. The highest BCUT2D eigenvalue weighted by molar-refractivity contribution is 7.99. The molecule has 18 heteroatoms. The normalized spacial score (nSPS) is 12.8. The molecule has 0 saturated heterocycles. The standard InChI is InChI=1S/C22H28N5O11PS/c1-13(38-22(39(30,31)32,36-11-34-14(2)28)37-12-35-15(3)29)9-27-10-24-18-19(27)25-21(23)26-20(18)40-17-7-5-16(33-4)6-8-17/h5-8,10,13H,9,11-12H2,1-4H3,(H2,23,25,26)(H2,30,31,32). The Labute approximate surface area is 232 Å². The fraction of sp³-hybridized carbons (Fsp3) is 0.409. The summed E-state index contributed by atoms with van der Waals surface area (Å²) in [4.78, 5) is 56.1. The van der Waals surface area contributed by atoms with Crippen LogP contribution in [0.2, 0.25) is 0 Å². The summed E-state index contributed by atoms with van der Waals surface area (Å²) in [5.41, 5.74) is 3.60. The van der Waals surface area contributed by atoms with Crippen molar-refractivity contribution in [1.82, 2.24) is 19.5 Å². The first-order chi connectivity index (χ1) is 18.8. The highest BCUT2D eigenvalue weighted by atomic mass is 32.2. The molecule has 0 radical (unpaired) electrons. The Balaban J connectivity index is 1.86. The zero-order valence-electron chi connectivity index (χ0n) is 21.9. The van der Waals surface area contributed by atoms with Crippen molar-refractivity contribution in [3.8, 4) is 5.75 Å². The fourth-order valence-electron chi connectivity index (χ4n) is 3.18. The van der Waals surface area contributed by atoms with Gasteiger partial charge in [0.1, 0.15) is 16.3 Å². The number of imidazole rings is 1. The van der Waals surface area contributed by atoms with E-state index in [1.165, 1.54) is 29.6 Å². The van der Waals surface area contributed by atoms with Gasteiger partial charge in [-0.05, 0) is 31.2 Å². The van der Waals surface area contributed by atoms with E-state index < -0.39 is 44.9 Å². The molecule has 0 spiro atoms. The van der Waals surface area contributed by atoms with Crippen LogP contribution in [0.5, 0.6) is 5.75 Å². The molecule has 0 aliphatic rings. The van der Waals surface area contributed by atoms with E-state index in [-0.39, 0.29) is 12.5 Å². The lowest BCUT2D eigenvalue weighted by Crippen LogP contribution is -2.44. The summed E-state index contributed by atoms with van der Waals surface area (Å²) in [6, 6.07) is 7.27. The van der Waals surface area contributed by atoms with Crippen LogP contribution < -0.4 is 10.5 Å². The predicted molar refractivity (Wildman–Crippen MR) is 138 cm³/mol. The number of fused-ring (bicyclic) bond motifs is 1. The van der Waals surface area contributed by atoms with Gasteiger partial charge in [-0.25, -0.2) is 9.97 Å². The molecule has 16 nitrogen and oxygen atoms in total. The molecular weight excluding hydrogens is 573 g/mol. The number of carbonyl (C=O) groups excluding carboxylic acids is 2. The Morgan fingerprint density at radius 1 is 1.10 bits per heavy atom. The van der Waals surface area contributed by atoms with Gasteiger partial charge in [0, 0.05) is 18.7 Å². The number of benzene rings is 1. The highest BCUT2D eigenvalue weighted by Crippen LogP contribution is 2.53. The molecule has 2 heterocycles. The molecule has 0 bridgehead atoms. The topological polar surface area (TPSA) is 217 Å². The minimum atomic E-state index is -5.41. The zero-order valence-corrected chi connectivity index (χ0v) is 23.6. The first-order valence-electron chi connectivity index (χ1n) is 11.4. The monoisotopic (exact) mass is 601 g/mol. The molecule has 0 fully saturated rings. The van der Waals surface area contributed by atoms with Gasteiger partial charge in [0.25, 0.3) is 0 Å². The van der Waals surface area contributed by atoms with E-state index >= 15 is 0 Å². The van der Waals surface area contributed by atoms with Gasteiger partial charge in [0.05, 0.1) is 26.1 Å². The van der Waals surface area contributed by atoms with E-state index in [0.29, 0.717) is 21.9 Å². The van der Waals surface area contributed by atoms with Crippen molar-refractivity contribution in [3.63, 3.8) is 0 Å². The van der Waals surface area contributed by atoms with E-state index in [1.54, 1.807) is 19.2 Å². The Morgan fingerprint density at radius 3 is 2.23 bits per heavy atom. The van der Waals surface area contributed by atoms with Gasteiger partial charge in [0.15, 0.2) is 19.2 Å². The quantitative estimate of drug-likeness (QED) is 0.104. The number of esters is 2. The third-order valence-corrected chi connectivity index (χ3v) is 6.95. The molecule has 218 valence electrons. The van der Waals surface area contributed by atoms with E-state index in [2.05, 4.69) is 24.4 Å². The number of nitrogens with two attached hydrogens (primary N) is 1. The van der Waals surface area contributed by atoms with Crippen LogP contribution in [0.15, 0.2) is 40.5 Å². The maximum atomic E-state index is 12.4. The second-order valence-electron chi connectivity index (χ2n) is 8.03. The van der Waals surface area contributed by atoms with Crippen molar-refractivity contribution in [2.75, 3.05) is 26.4 Å². The number of anilines is 1. The first-order valence-corrected chi connectivity index (χ1v) is 13.8. The molecule has 2 aromatic heterocycles. The molecule has 0 aliphatic carbocycles. The zero-order chi connectivity index (χ0) is 29.5. The Hall–Kier alpha value is -3.31. The number of nitrogens with zero attached hydrogens (tertiary/aromatic N) is 4. The summed E-state index contributed by atoms with van der Waals surface area (Å²) < 4.78 is 44.0. The van der Waals surface area contributed by atoms with E-state index in [4.69, 9.17) is 24.7 Å². The maximum absolute atomic E-state index is 12.4. The molecule has 4 N–H and O–H groups in total. The van der Waals surface area contributed by atoms with Crippen LogP contribution in [-0.4, -0.2) is 73.8 Å². The average molecular weight is 602 g/mol. The SMILES string of the molecule is COc1ccc(Sc2nc(N)nc3c2ncn3CC(C)OC(OCOC(C)=O)(OCOC(C)=O)P(=O)(O)O)cc1. The van der Waals surface area contributed by atoms with Crippen molar-refractivity contribution in [3.05, 3.63) is 30.6 Å². The highest BCUT2D eigenvalue weighted by Gasteiger charge is 2.54. The summed E-state index contributed by atoms with van der Waals surface area (Å²) in [5.74, 6) is -0.927. The van der Waals surface area contributed by atoms with E-state index in [9.17, 15) is 23.9 Å². The van der Waals surface area contributed by atoms with Crippen LogP contribution >= 0.6 is 19.4 Å². The summed E-state index contributed by atoms with van der Waals surface area (Å²) in [6.45, 7) is 1.64. The molecule has 0 saturated carbocycles. The van der Waals surface area contributed by atoms with Crippen LogP contribution in [0.25, 0.3) is 11.2 Å². The number of nitrogen functional groups attached to an aromatic ring is 1. The number of hydrogen-bond donors (Lipinski definition) is 3. The third kappa shape index (κ3) is 8.11. The molecule has 1 atom stereocenters. The largest absolute Gasteiger partial charge is 0.497 e. The Bertz CT molecular complexity index is 1360. The summed E-state index contributed by atoms with van der Waals surface area (Å²) in [5, 5.41) is 0.471. The van der Waals surface area contributed by atoms with Crippen molar-refractivity contribution >= 4 is 48.4 Å². The van der Waals surface area contributed by atoms with Gasteiger partial charge in [0.2, 0.25) is 5.95 Å². The molecule has 0 aliphatic heterocycles. The minimum Gasteiger partial charge on any atom is -0.497 e. The number of ether oxygens (including phenoxy) is 6. The van der Waals surface area contributed by atoms with E-state index in [1.807, 2.05) is 12.1 Å². The second kappa shape index (κ2) is 13.4. The third-order valence-electron chi connectivity index (χ3n) is 4.89. The number of aromatic nitrogens is 4. The lowest BCUT2D eigenvalue weighted by Gasteiger charge is -2.34. The number of carbonyl (C=O) groups is 2. The van der Waals surface area contributed by atoms with Crippen LogP contribution in [-0.2, 0) is 44.4 Å². The van der Waals surface area contributed by atoms with Gasteiger partial charge in [-0.15, -0.1) is 0 Å². The lowest BCUT2D eigenvalue weighted by molar-refractivity contribution is -0.376. The van der Waals surface area contributed by atoms with Crippen LogP contribution in [0.4, 0.5) is 5.95 Å². The Morgan fingerprint density at radius 2 is 1.70 bits per heavy atom. The molecule has 3 aromatic rings. The van der Waals surface area contributed by atoms with Crippen molar-refractivity contribution in [2.45, 2.75) is 49.1 Å². The second-order valence-corrected chi connectivity index (χ2v) is 10.7. The van der Waals surface area contributed by atoms with Gasteiger partial charge in [-0.1, -0.05) is 11.8 Å². The average Bonchev–Trinajstić information content (AvgIpc) is 3.25. The first kappa shape index (κ1) is 31.2. The van der Waals surface area contributed by atoms with Gasteiger partial charge < -0.3 is 39.0 Å². The van der Waals surface area contributed by atoms with E-state index in [0.717, 1.165) is 18.7 Å². The summed E-state index contributed by atoms with van der Waals surface area (Å²) in [7, 11) is -3.85. The molecule has 1 aromatic carbocycles. The van der Waals surface area contributed by atoms with Gasteiger partial charge in [-0.2, -0.15) is 4.98 Å². The minimum absolute atomic E-state index is 0.0298. The van der Waals surface area contributed by atoms with Crippen molar-refractivity contribution in [1.29, 1.82) is 0 Å². The van der Waals surface area contributed by atoms with Crippen LogP contribution in [0.3, 0.4) is 0 Å². The smallest absolute Gasteiger partial charge is 0.415 e. The molecule has 40 heavy (non-hydrogen) atoms. The van der Waals surface area contributed by atoms with Gasteiger partial charge >= 0.3 is 25.2 Å². The van der Waals surface area contributed by atoms with Crippen molar-refractivity contribution < 1.29 is 52.4 Å². The van der Waals surface area contributed by atoms with Crippen LogP contribution in [0.1, 0.15) is 20.8 Å². The predicted octanol–water partition coefficient (Wildman–Crippen LogP) is 1.84. The molecule has 3 rings (SSSR count). The molecule has 0 amide bonds. The summed E-state index contributed by atoms with van der Waals surface area (Å²) >= 11 is 1.30. The number of methoxy groups -OCH3 is 1.